The Bertz CT molecular complexity index is 562. The highest BCUT2D eigenvalue weighted by Crippen LogP contribution is 2.38. The SMILES string of the molecule is NNC(=O)C(Sc1ccccc1Cl)c1ccccc1. The molecule has 2 aromatic rings. The van der Waals surface area contributed by atoms with Crippen molar-refractivity contribution in [2.24, 2.45) is 5.84 Å². The van der Waals surface area contributed by atoms with Crippen molar-refractivity contribution in [3.05, 3.63) is 65.2 Å². The highest BCUT2D eigenvalue weighted by atomic mass is 35.5. The van der Waals surface area contributed by atoms with E-state index in [1.807, 2.05) is 48.5 Å². The average molecular weight is 293 g/mol. The quantitative estimate of drug-likeness (QED) is 0.394. The van der Waals surface area contributed by atoms with Crippen LogP contribution in [0.15, 0.2) is 59.5 Å². The van der Waals surface area contributed by atoms with E-state index >= 15 is 0 Å². The van der Waals surface area contributed by atoms with Crippen LogP contribution in [0.3, 0.4) is 0 Å². The van der Waals surface area contributed by atoms with Crippen molar-refractivity contribution in [1.82, 2.24) is 5.43 Å². The second-order valence-electron chi connectivity index (χ2n) is 3.85. The fourth-order valence-corrected chi connectivity index (χ4v) is 2.97. The van der Waals surface area contributed by atoms with E-state index in [9.17, 15) is 4.79 Å². The van der Waals surface area contributed by atoms with E-state index in [2.05, 4.69) is 5.43 Å². The lowest BCUT2D eigenvalue weighted by atomic mass is 10.1. The van der Waals surface area contributed by atoms with E-state index in [1.54, 1.807) is 6.07 Å². The molecule has 1 unspecified atom stereocenters. The molecule has 5 heteroatoms. The summed E-state index contributed by atoms with van der Waals surface area (Å²) in [7, 11) is 0. The first-order chi connectivity index (χ1) is 9.22. The minimum Gasteiger partial charge on any atom is -0.293 e. The Labute approximate surface area is 121 Å². The van der Waals surface area contributed by atoms with Crippen LogP contribution < -0.4 is 11.3 Å². The van der Waals surface area contributed by atoms with Crippen molar-refractivity contribution in [2.45, 2.75) is 10.1 Å². The Kier molecular flexibility index (Phi) is 4.85. The number of hydrogen-bond acceptors (Lipinski definition) is 3. The highest BCUT2D eigenvalue weighted by Gasteiger charge is 2.21. The lowest BCUT2D eigenvalue weighted by Crippen LogP contribution is -2.33. The molecule has 0 aromatic heterocycles. The summed E-state index contributed by atoms with van der Waals surface area (Å²) in [5, 5.41) is 0.198. The Morgan fingerprint density at radius 1 is 1.11 bits per heavy atom. The number of nitrogens with two attached hydrogens (primary N) is 1. The molecule has 0 saturated heterocycles. The average Bonchev–Trinajstić information content (AvgIpc) is 2.46. The first-order valence-corrected chi connectivity index (χ1v) is 6.94. The van der Waals surface area contributed by atoms with E-state index in [1.165, 1.54) is 11.8 Å². The summed E-state index contributed by atoms with van der Waals surface area (Å²) in [6.07, 6.45) is 0. The number of carbonyl (C=O) groups excluding carboxylic acids is 1. The standard InChI is InChI=1S/C14H13ClN2OS/c15-11-8-4-5-9-12(11)19-13(14(18)17-16)10-6-2-1-3-7-10/h1-9,13H,16H2,(H,17,18). The van der Waals surface area contributed by atoms with Crippen LogP contribution in [0.5, 0.6) is 0 Å². The molecule has 0 aliphatic rings. The number of amides is 1. The number of hydrogen-bond donors (Lipinski definition) is 2. The van der Waals surface area contributed by atoms with Gasteiger partial charge in [0.2, 0.25) is 0 Å². The highest BCUT2D eigenvalue weighted by molar-refractivity contribution is 8.00. The van der Waals surface area contributed by atoms with Crippen molar-refractivity contribution in [3.8, 4) is 0 Å². The number of carbonyl (C=O) groups is 1. The number of hydrazine groups is 1. The first-order valence-electron chi connectivity index (χ1n) is 5.69. The predicted octanol–water partition coefficient (Wildman–Crippen LogP) is 3.16. The molecule has 0 bridgehead atoms. The van der Waals surface area contributed by atoms with E-state index < -0.39 is 5.25 Å². The molecule has 2 rings (SSSR count). The van der Waals surface area contributed by atoms with Crippen molar-refractivity contribution >= 4 is 29.3 Å². The van der Waals surface area contributed by atoms with E-state index in [0.717, 1.165) is 10.5 Å². The number of nitrogens with one attached hydrogen (secondary N) is 1. The van der Waals surface area contributed by atoms with Crippen LogP contribution in [0, 0.1) is 0 Å². The lowest BCUT2D eigenvalue weighted by molar-refractivity contribution is -0.120. The summed E-state index contributed by atoms with van der Waals surface area (Å²) in [5.74, 6) is 5.00. The molecule has 98 valence electrons. The molecule has 0 fully saturated rings. The number of halogens is 1. The van der Waals surface area contributed by atoms with Gasteiger partial charge in [0.15, 0.2) is 0 Å². The number of benzene rings is 2. The Balaban J connectivity index is 2.30. The normalized spacial score (nSPS) is 11.9. The molecule has 0 aliphatic heterocycles. The predicted molar refractivity (Wildman–Crippen MR) is 78.8 cm³/mol. The van der Waals surface area contributed by atoms with Gasteiger partial charge in [0, 0.05) is 4.90 Å². The van der Waals surface area contributed by atoms with Crippen LogP contribution >= 0.6 is 23.4 Å². The Morgan fingerprint density at radius 2 is 1.74 bits per heavy atom. The molecule has 0 heterocycles. The van der Waals surface area contributed by atoms with Crippen LogP contribution in [-0.4, -0.2) is 5.91 Å². The van der Waals surface area contributed by atoms with Gasteiger partial charge in [-0.15, -0.1) is 11.8 Å². The maximum Gasteiger partial charge on any atom is 0.251 e. The zero-order chi connectivity index (χ0) is 13.7. The van der Waals surface area contributed by atoms with E-state index in [-0.39, 0.29) is 5.91 Å². The lowest BCUT2D eigenvalue weighted by Gasteiger charge is -2.16. The molecule has 19 heavy (non-hydrogen) atoms. The summed E-state index contributed by atoms with van der Waals surface area (Å²) in [4.78, 5) is 12.8. The monoisotopic (exact) mass is 292 g/mol. The molecular formula is C14H13ClN2OS. The molecule has 0 aliphatic carbocycles. The molecule has 0 saturated carbocycles. The Hall–Kier alpha value is -1.49. The zero-order valence-corrected chi connectivity index (χ0v) is 11.6. The topological polar surface area (TPSA) is 55.1 Å². The van der Waals surface area contributed by atoms with Gasteiger partial charge < -0.3 is 0 Å². The van der Waals surface area contributed by atoms with Gasteiger partial charge in [-0.3, -0.25) is 10.2 Å². The van der Waals surface area contributed by atoms with Crippen LogP contribution in [0.1, 0.15) is 10.8 Å². The zero-order valence-electron chi connectivity index (χ0n) is 10.0. The minimum absolute atomic E-state index is 0.254. The third kappa shape index (κ3) is 3.50. The summed E-state index contributed by atoms with van der Waals surface area (Å²) in [6.45, 7) is 0. The molecular weight excluding hydrogens is 280 g/mol. The number of thioether (sulfide) groups is 1. The minimum atomic E-state index is -0.425. The molecule has 0 radical (unpaired) electrons. The molecule has 3 nitrogen and oxygen atoms in total. The van der Waals surface area contributed by atoms with Gasteiger partial charge in [0.25, 0.3) is 5.91 Å². The molecule has 3 N–H and O–H groups in total. The smallest absolute Gasteiger partial charge is 0.251 e. The van der Waals surface area contributed by atoms with Crippen molar-refractivity contribution in [3.63, 3.8) is 0 Å². The summed E-state index contributed by atoms with van der Waals surface area (Å²) >= 11 is 7.50. The van der Waals surface area contributed by atoms with Gasteiger partial charge >= 0.3 is 0 Å². The molecule has 1 atom stereocenters. The van der Waals surface area contributed by atoms with Gasteiger partial charge in [-0.1, -0.05) is 54.1 Å². The third-order valence-corrected chi connectivity index (χ3v) is 4.34. The largest absolute Gasteiger partial charge is 0.293 e. The van der Waals surface area contributed by atoms with Gasteiger partial charge in [-0.2, -0.15) is 0 Å². The van der Waals surface area contributed by atoms with Crippen molar-refractivity contribution in [1.29, 1.82) is 0 Å². The Morgan fingerprint density at radius 3 is 2.37 bits per heavy atom. The summed E-state index contributed by atoms with van der Waals surface area (Å²) < 4.78 is 0. The summed E-state index contributed by atoms with van der Waals surface area (Å²) in [6, 6.07) is 16.9. The van der Waals surface area contributed by atoms with E-state index in [4.69, 9.17) is 17.4 Å². The maximum atomic E-state index is 11.9. The molecule has 1 amide bonds. The third-order valence-electron chi connectivity index (χ3n) is 2.56. The second kappa shape index (κ2) is 6.61. The van der Waals surface area contributed by atoms with Gasteiger partial charge in [-0.25, -0.2) is 5.84 Å². The van der Waals surface area contributed by atoms with Crippen molar-refractivity contribution < 1.29 is 4.79 Å². The summed E-state index contributed by atoms with van der Waals surface area (Å²) in [5.41, 5.74) is 3.09. The van der Waals surface area contributed by atoms with Crippen molar-refractivity contribution in [2.75, 3.05) is 0 Å². The maximum absolute atomic E-state index is 11.9. The van der Waals surface area contributed by atoms with E-state index in [0.29, 0.717) is 5.02 Å². The van der Waals surface area contributed by atoms with Crippen LogP contribution in [0.25, 0.3) is 0 Å². The fourth-order valence-electron chi connectivity index (χ4n) is 1.64. The van der Waals surface area contributed by atoms with Crippen LogP contribution in [-0.2, 0) is 4.79 Å². The number of rotatable bonds is 4. The van der Waals surface area contributed by atoms with Crippen LogP contribution in [0.4, 0.5) is 0 Å². The van der Waals surface area contributed by atoms with Gasteiger partial charge in [0.05, 0.1) is 5.02 Å². The second-order valence-corrected chi connectivity index (χ2v) is 5.40. The van der Waals surface area contributed by atoms with Gasteiger partial charge in [0.1, 0.15) is 5.25 Å². The fraction of sp³-hybridized carbons (Fsp3) is 0.0714. The van der Waals surface area contributed by atoms with Crippen LogP contribution in [0.2, 0.25) is 5.02 Å². The van der Waals surface area contributed by atoms with Gasteiger partial charge in [-0.05, 0) is 17.7 Å². The molecule has 0 spiro atoms. The molecule has 2 aromatic carbocycles. The first kappa shape index (κ1) is 13.9.